The lowest BCUT2D eigenvalue weighted by molar-refractivity contribution is -0.132. The monoisotopic (exact) mass is 320 g/mol. The second kappa shape index (κ2) is 8.77. The Kier molecular flexibility index (Phi) is 6.71. The van der Waals surface area contributed by atoms with Gasteiger partial charge in [-0.15, -0.1) is 0 Å². The zero-order chi connectivity index (χ0) is 16.7. The molecule has 2 rings (SSSR count). The summed E-state index contributed by atoms with van der Waals surface area (Å²) in [6.07, 6.45) is 3.05. The number of nitrogens with two attached hydrogens (primary N) is 1. The molecule has 0 aliphatic carbocycles. The molecule has 0 aromatic heterocycles. The molecule has 0 unspecified atom stereocenters. The third-order valence-corrected chi connectivity index (χ3v) is 4.13. The molecule has 1 amide bonds. The van der Waals surface area contributed by atoms with Gasteiger partial charge in [-0.05, 0) is 50.8 Å². The standard InChI is InChI=1S/C18H28N2O3/c1-3-22-16-7-5-14(13-17(16)23-4-2)6-8-18(21)20-11-9-15(19)10-12-20/h5,7,13,15H,3-4,6,8-12,19H2,1-2H3. The van der Waals surface area contributed by atoms with Crippen molar-refractivity contribution >= 4 is 5.91 Å². The minimum absolute atomic E-state index is 0.212. The van der Waals surface area contributed by atoms with Crippen LogP contribution >= 0.6 is 0 Å². The van der Waals surface area contributed by atoms with Crippen molar-refractivity contribution in [2.45, 2.75) is 45.6 Å². The predicted molar refractivity (Wildman–Crippen MR) is 90.9 cm³/mol. The highest BCUT2D eigenvalue weighted by Crippen LogP contribution is 2.29. The van der Waals surface area contributed by atoms with E-state index in [9.17, 15) is 4.79 Å². The molecule has 0 radical (unpaired) electrons. The summed E-state index contributed by atoms with van der Waals surface area (Å²) >= 11 is 0. The van der Waals surface area contributed by atoms with Gasteiger partial charge in [0.05, 0.1) is 13.2 Å². The van der Waals surface area contributed by atoms with Gasteiger partial charge in [-0.3, -0.25) is 4.79 Å². The molecule has 1 aromatic rings. The molecule has 2 N–H and O–H groups in total. The highest BCUT2D eigenvalue weighted by molar-refractivity contribution is 5.76. The Bertz CT molecular complexity index is 511. The third kappa shape index (κ3) is 5.13. The first-order chi connectivity index (χ1) is 11.1. The van der Waals surface area contributed by atoms with Crippen LogP contribution in [0.1, 0.15) is 38.7 Å². The fourth-order valence-electron chi connectivity index (χ4n) is 2.81. The zero-order valence-corrected chi connectivity index (χ0v) is 14.2. The van der Waals surface area contributed by atoms with Crippen molar-refractivity contribution in [2.24, 2.45) is 5.73 Å². The summed E-state index contributed by atoms with van der Waals surface area (Å²) < 4.78 is 11.2. The SMILES string of the molecule is CCOc1ccc(CCC(=O)N2CCC(N)CC2)cc1OCC. The van der Waals surface area contributed by atoms with E-state index in [1.165, 1.54) is 0 Å². The van der Waals surface area contributed by atoms with Gasteiger partial charge in [-0.1, -0.05) is 6.07 Å². The fraction of sp³-hybridized carbons (Fsp3) is 0.611. The topological polar surface area (TPSA) is 64.8 Å². The first-order valence-corrected chi connectivity index (χ1v) is 8.55. The van der Waals surface area contributed by atoms with E-state index in [4.69, 9.17) is 15.2 Å². The Morgan fingerprint density at radius 1 is 1.17 bits per heavy atom. The van der Waals surface area contributed by atoms with Crippen molar-refractivity contribution < 1.29 is 14.3 Å². The van der Waals surface area contributed by atoms with Crippen LogP contribution in [0.3, 0.4) is 0 Å². The Morgan fingerprint density at radius 2 is 1.83 bits per heavy atom. The number of carbonyl (C=O) groups excluding carboxylic acids is 1. The van der Waals surface area contributed by atoms with Crippen molar-refractivity contribution in [3.8, 4) is 11.5 Å². The van der Waals surface area contributed by atoms with Gasteiger partial charge in [-0.2, -0.15) is 0 Å². The normalized spacial score (nSPS) is 15.5. The minimum atomic E-state index is 0.212. The van der Waals surface area contributed by atoms with Crippen LogP contribution in [-0.4, -0.2) is 43.2 Å². The number of carbonyl (C=O) groups is 1. The van der Waals surface area contributed by atoms with E-state index in [0.717, 1.165) is 43.0 Å². The number of likely N-dealkylation sites (tertiary alicyclic amines) is 1. The summed E-state index contributed by atoms with van der Waals surface area (Å²) in [5.41, 5.74) is 6.98. The van der Waals surface area contributed by atoms with E-state index in [1.54, 1.807) is 0 Å². The third-order valence-electron chi connectivity index (χ3n) is 4.13. The molecule has 0 atom stereocenters. The van der Waals surface area contributed by atoms with Gasteiger partial charge in [0.25, 0.3) is 0 Å². The molecule has 1 aliphatic heterocycles. The van der Waals surface area contributed by atoms with E-state index < -0.39 is 0 Å². The van der Waals surface area contributed by atoms with Gasteiger partial charge in [0.15, 0.2) is 11.5 Å². The van der Waals surface area contributed by atoms with Crippen LogP contribution in [0.25, 0.3) is 0 Å². The molecule has 128 valence electrons. The molecule has 0 spiro atoms. The van der Waals surface area contributed by atoms with E-state index in [0.29, 0.717) is 26.1 Å². The Morgan fingerprint density at radius 3 is 2.48 bits per heavy atom. The maximum absolute atomic E-state index is 12.3. The van der Waals surface area contributed by atoms with Gasteiger partial charge in [0.2, 0.25) is 5.91 Å². The van der Waals surface area contributed by atoms with Gasteiger partial charge < -0.3 is 20.1 Å². The van der Waals surface area contributed by atoms with Crippen molar-refractivity contribution in [3.05, 3.63) is 23.8 Å². The second-order valence-corrected chi connectivity index (χ2v) is 5.87. The smallest absolute Gasteiger partial charge is 0.222 e. The Balaban J connectivity index is 1.92. The molecule has 1 fully saturated rings. The molecule has 0 bridgehead atoms. The number of hydrogen-bond donors (Lipinski definition) is 1. The van der Waals surface area contributed by atoms with Gasteiger partial charge in [0, 0.05) is 25.6 Å². The van der Waals surface area contributed by atoms with Crippen molar-refractivity contribution in [1.29, 1.82) is 0 Å². The molecular weight excluding hydrogens is 292 g/mol. The summed E-state index contributed by atoms with van der Waals surface area (Å²) in [6, 6.07) is 6.16. The first-order valence-electron chi connectivity index (χ1n) is 8.55. The number of piperidine rings is 1. The second-order valence-electron chi connectivity index (χ2n) is 5.87. The molecule has 1 aliphatic rings. The quantitative estimate of drug-likeness (QED) is 0.837. The van der Waals surface area contributed by atoms with Gasteiger partial charge in [0.1, 0.15) is 0 Å². The van der Waals surface area contributed by atoms with Crippen LogP contribution < -0.4 is 15.2 Å². The highest BCUT2D eigenvalue weighted by Gasteiger charge is 2.20. The Hall–Kier alpha value is -1.75. The van der Waals surface area contributed by atoms with Crippen LogP contribution in [0.15, 0.2) is 18.2 Å². The van der Waals surface area contributed by atoms with E-state index in [2.05, 4.69) is 0 Å². The average molecular weight is 320 g/mol. The number of benzene rings is 1. The molecule has 5 heteroatoms. The summed E-state index contributed by atoms with van der Waals surface area (Å²) in [4.78, 5) is 14.2. The molecule has 0 saturated carbocycles. The average Bonchev–Trinajstić information content (AvgIpc) is 2.56. The maximum atomic E-state index is 12.3. The summed E-state index contributed by atoms with van der Waals surface area (Å²) in [5, 5.41) is 0. The zero-order valence-electron chi connectivity index (χ0n) is 14.2. The van der Waals surface area contributed by atoms with Crippen molar-refractivity contribution in [3.63, 3.8) is 0 Å². The summed E-state index contributed by atoms with van der Waals surface area (Å²) in [5.74, 6) is 1.72. The summed E-state index contributed by atoms with van der Waals surface area (Å²) in [7, 11) is 0. The molecule has 1 saturated heterocycles. The van der Waals surface area contributed by atoms with Crippen LogP contribution in [0, 0.1) is 0 Å². The molecule has 5 nitrogen and oxygen atoms in total. The van der Waals surface area contributed by atoms with Gasteiger partial charge in [-0.25, -0.2) is 0 Å². The van der Waals surface area contributed by atoms with E-state index >= 15 is 0 Å². The van der Waals surface area contributed by atoms with Gasteiger partial charge >= 0.3 is 0 Å². The molecule has 1 heterocycles. The van der Waals surface area contributed by atoms with Crippen LogP contribution in [0.4, 0.5) is 0 Å². The lowest BCUT2D eigenvalue weighted by atomic mass is 10.0. The maximum Gasteiger partial charge on any atom is 0.222 e. The lowest BCUT2D eigenvalue weighted by Crippen LogP contribution is -2.42. The number of hydrogen-bond acceptors (Lipinski definition) is 4. The van der Waals surface area contributed by atoms with Crippen molar-refractivity contribution in [2.75, 3.05) is 26.3 Å². The number of nitrogens with zero attached hydrogens (tertiary/aromatic N) is 1. The number of ether oxygens (including phenoxy) is 2. The van der Waals surface area contributed by atoms with Crippen LogP contribution in [0.5, 0.6) is 11.5 Å². The number of aryl methyl sites for hydroxylation is 1. The summed E-state index contributed by atoms with van der Waals surface area (Å²) in [6.45, 7) is 6.67. The minimum Gasteiger partial charge on any atom is -0.490 e. The Labute approximate surface area is 138 Å². The molecular formula is C18H28N2O3. The van der Waals surface area contributed by atoms with E-state index in [1.807, 2.05) is 36.9 Å². The predicted octanol–water partition coefficient (Wildman–Crippen LogP) is 2.37. The van der Waals surface area contributed by atoms with E-state index in [-0.39, 0.29) is 11.9 Å². The van der Waals surface area contributed by atoms with Crippen molar-refractivity contribution in [1.82, 2.24) is 4.90 Å². The fourth-order valence-corrected chi connectivity index (χ4v) is 2.81. The number of amides is 1. The van der Waals surface area contributed by atoms with Crippen LogP contribution in [-0.2, 0) is 11.2 Å². The molecule has 1 aromatic carbocycles. The van der Waals surface area contributed by atoms with Crippen LogP contribution in [0.2, 0.25) is 0 Å². The number of rotatable bonds is 7. The largest absolute Gasteiger partial charge is 0.490 e. The first kappa shape index (κ1) is 17.6. The lowest BCUT2D eigenvalue weighted by Gasteiger charge is -2.30. The molecule has 23 heavy (non-hydrogen) atoms. The highest BCUT2D eigenvalue weighted by atomic mass is 16.5.